The number of carboxylic acid groups (broad SMARTS) is 1. The van der Waals surface area contributed by atoms with Crippen molar-refractivity contribution in [2.45, 2.75) is 24.7 Å². The van der Waals surface area contributed by atoms with E-state index in [1.807, 2.05) is 0 Å². The van der Waals surface area contributed by atoms with Crippen LogP contribution in [0.25, 0.3) is 10.2 Å². The number of aliphatic hydroxyl groups excluding tert-OH is 1. The number of hydrogen-bond donors (Lipinski definition) is 5. The molecule has 2 aromatic carbocycles. The van der Waals surface area contributed by atoms with E-state index in [4.69, 9.17) is 5.73 Å². The molecule has 1 amide bonds. The van der Waals surface area contributed by atoms with Crippen LogP contribution >= 0.6 is 11.3 Å². The minimum absolute atomic E-state index is 0.159. The van der Waals surface area contributed by atoms with E-state index in [-0.39, 0.29) is 16.5 Å². The Kier molecular flexibility index (Phi) is 5.84. The van der Waals surface area contributed by atoms with Gasteiger partial charge in [-0.25, -0.2) is 14.2 Å². The number of nitrogens with two attached hydrogens (primary N) is 1. The number of primary amides is 1. The zero-order valence-corrected chi connectivity index (χ0v) is 18.5. The monoisotopic (exact) mass is 515 g/mol. The van der Waals surface area contributed by atoms with Gasteiger partial charge in [-0.1, -0.05) is 11.3 Å². The number of fused-ring (bicyclic) bond motifs is 2. The van der Waals surface area contributed by atoms with Gasteiger partial charge in [0.1, 0.15) is 17.7 Å². The number of carbonyl (C=O) groups is 2. The van der Waals surface area contributed by atoms with E-state index in [0.29, 0.717) is 10.2 Å². The maximum absolute atomic E-state index is 14.4. The van der Waals surface area contributed by atoms with Crippen molar-refractivity contribution in [1.29, 1.82) is 0 Å². The predicted molar refractivity (Wildman–Crippen MR) is 118 cm³/mol. The highest BCUT2D eigenvalue weighted by atomic mass is 32.1. The number of aromatic nitrogens is 1. The summed E-state index contributed by atoms with van der Waals surface area (Å²) in [5.74, 6) is -5.54. The third-order valence-electron chi connectivity index (χ3n) is 5.32. The summed E-state index contributed by atoms with van der Waals surface area (Å²) < 4.78 is 56.3. The number of ether oxygens (including phenoxy) is 1. The van der Waals surface area contributed by atoms with Gasteiger partial charge in [0.2, 0.25) is 5.91 Å². The smallest absolute Gasteiger partial charge is 0.478 e. The molecule has 2 heterocycles. The highest BCUT2D eigenvalue weighted by Gasteiger charge is 2.45. The molecular weight excluding hydrogens is 498 g/mol. The second kappa shape index (κ2) is 8.42. The number of halogens is 4. The number of carbonyl (C=O) groups excluding carboxylic acids is 1. The second-order valence-electron chi connectivity index (χ2n) is 7.64. The molecule has 2 atom stereocenters. The van der Waals surface area contributed by atoms with Gasteiger partial charge in [0.25, 0.3) is 0 Å². The minimum atomic E-state index is -4.87. The highest BCUT2D eigenvalue weighted by molar-refractivity contribution is 7.22. The van der Waals surface area contributed by atoms with Gasteiger partial charge in [-0.3, -0.25) is 4.79 Å². The number of hydrogen-bond acceptors (Lipinski definition) is 9. The van der Waals surface area contributed by atoms with Gasteiger partial charge in [-0.15, -0.1) is 13.2 Å². The number of nitrogens with one attached hydrogen (secondary N) is 2. The predicted octanol–water partition coefficient (Wildman–Crippen LogP) is 2.90. The molecule has 0 saturated heterocycles. The summed E-state index contributed by atoms with van der Waals surface area (Å²) in [5, 5.41) is 25.5. The van der Waals surface area contributed by atoms with Crippen LogP contribution in [0.3, 0.4) is 0 Å². The number of alkyl halides is 3. The lowest BCUT2D eigenvalue weighted by Gasteiger charge is -2.39. The topological polar surface area (TPSA) is 150 Å². The Morgan fingerprint density at radius 2 is 2.06 bits per heavy atom. The van der Waals surface area contributed by atoms with Gasteiger partial charge in [-0.05, 0) is 18.2 Å². The molecule has 0 bridgehead atoms. The number of thiazole rings is 1. The summed E-state index contributed by atoms with van der Waals surface area (Å²) in [4.78, 5) is 28.7. The fourth-order valence-corrected chi connectivity index (χ4v) is 4.65. The number of carboxylic acids is 1. The van der Waals surface area contributed by atoms with Gasteiger partial charge in [0, 0.05) is 25.6 Å². The van der Waals surface area contributed by atoms with Crippen LogP contribution in [-0.2, 0) is 4.79 Å². The Morgan fingerprint density at radius 3 is 2.69 bits per heavy atom. The van der Waals surface area contributed by atoms with Crippen molar-refractivity contribution in [3.8, 4) is 5.75 Å². The van der Waals surface area contributed by atoms with Crippen LogP contribution in [0.15, 0.2) is 30.3 Å². The van der Waals surface area contributed by atoms with Gasteiger partial charge < -0.3 is 36.2 Å². The van der Waals surface area contributed by atoms with Crippen molar-refractivity contribution >= 4 is 49.9 Å². The molecule has 35 heavy (non-hydrogen) atoms. The fraction of sp³-hybridized carbons (Fsp3) is 0.250. The lowest BCUT2D eigenvalue weighted by molar-refractivity contribution is -0.274. The summed E-state index contributed by atoms with van der Waals surface area (Å²) in [6.45, 7) is 0. The first-order valence-electron chi connectivity index (χ1n) is 9.79. The second-order valence-corrected chi connectivity index (χ2v) is 8.67. The number of anilines is 3. The molecule has 0 saturated carbocycles. The molecule has 10 nitrogen and oxygen atoms in total. The molecule has 186 valence electrons. The highest BCUT2D eigenvalue weighted by Crippen LogP contribution is 2.43. The fourth-order valence-electron chi connectivity index (χ4n) is 3.68. The molecule has 15 heteroatoms. The third kappa shape index (κ3) is 4.72. The first-order valence-corrected chi connectivity index (χ1v) is 10.6. The Bertz CT molecular complexity index is 1330. The summed E-state index contributed by atoms with van der Waals surface area (Å²) in [6.07, 6.45) is -6.95. The van der Waals surface area contributed by atoms with Crippen LogP contribution in [-0.4, -0.2) is 52.4 Å². The quantitative estimate of drug-likeness (QED) is 0.299. The van der Waals surface area contributed by atoms with E-state index in [9.17, 15) is 37.4 Å². The first kappa shape index (κ1) is 24.3. The molecule has 4 rings (SSSR count). The van der Waals surface area contributed by atoms with E-state index in [1.54, 1.807) is 0 Å². The van der Waals surface area contributed by atoms with Crippen LogP contribution < -0.4 is 26.0 Å². The zero-order chi connectivity index (χ0) is 25.7. The number of benzene rings is 2. The van der Waals surface area contributed by atoms with Gasteiger partial charge >= 0.3 is 12.3 Å². The SMILES string of the molecule is CN1c2cc(F)c(C(=O)O)cc2NC1(CC(O)C(N)=O)Nc1nc2ccc(OC(F)(F)F)cc2s1. The number of aliphatic hydroxyl groups is 1. The molecule has 0 aliphatic carbocycles. The normalized spacial score (nSPS) is 18.2. The van der Waals surface area contributed by atoms with Crippen molar-refractivity contribution in [2.24, 2.45) is 5.73 Å². The number of rotatable bonds is 7. The lowest BCUT2D eigenvalue weighted by Crippen LogP contribution is -2.58. The van der Waals surface area contributed by atoms with Crippen LogP contribution in [0.1, 0.15) is 16.8 Å². The summed E-state index contributed by atoms with van der Waals surface area (Å²) in [5.41, 5.74) is 5.32. The summed E-state index contributed by atoms with van der Waals surface area (Å²) in [7, 11) is 1.49. The molecular formula is C20H17F4N5O5S. The maximum atomic E-state index is 14.4. The molecule has 1 aliphatic rings. The number of aromatic carboxylic acids is 1. The van der Waals surface area contributed by atoms with Crippen LogP contribution in [0.2, 0.25) is 0 Å². The molecule has 0 fully saturated rings. The standard InChI is InChI=1S/C20H17F4N5O5S/c1-29-13-6-10(21)9(17(32)33)5-12(13)27-19(29,7-14(30)16(25)31)28-18-26-11-3-2-8(4-15(11)35-18)34-20(22,23)24/h2-6,14,27,30H,7H2,1H3,(H2,25,31)(H,26,28)(H,32,33). The molecule has 0 radical (unpaired) electrons. The van der Waals surface area contributed by atoms with Gasteiger partial charge in [-0.2, -0.15) is 0 Å². The van der Waals surface area contributed by atoms with Crippen molar-refractivity contribution in [2.75, 3.05) is 22.6 Å². The van der Waals surface area contributed by atoms with Gasteiger partial charge in [0.15, 0.2) is 10.9 Å². The van der Waals surface area contributed by atoms with Crippen molar-refractivity contribution in [1.82, 2.24) is 4.98 Å². The maximum Gasteiger partial charge on any atom is 0.573 e. The van der Waals surface area contributed by atoms with Crippen LogP contribution in [0, 0.1) is 5.82 Å². The van der Waals surface area contributed by atoms with E-state index in [0.717, 1.165) is 35.6 Å². The third-order valence-corrected chi connectivity index (χ3v) is 6.25. The zero-order valence-electron chi connectivity index (χ0n) is 17.7. The number of amides is 1. The molecule has 6 N–H and O–H groups in total. The Labute approximate surface area is 197 Å². The van der Waals surface area contributed by atoms with Crippen LogP contribution in [0.4, 0.5) is 34.1 Å². The lowest BCUT2D eigenvalue weighted by atomic mass is 10.1. The van der Waals surface area contributed by atoms with Crippen molar-refractivity contribution < 1.29 is 42.1 Å². The molecule has 2 unspecified atom stereocenters. The van der Waals surface area contributed by atoms with E-state index < -0.39 is 53.7 Å². The molecule has 3 aromatic rings. The Hall–Kier alpha value is -3.85. The van der Waals surface area contributed by atoms with E-state index in [2.05, 4.69) is 20.4 Å². The first-order chi connectivity index (χ1) is 16.3. The van der Waals surface area contributed by atoms with E-state index >= 15 is 0 Å². The Balaban J connectivity index is 1.72. The molecule has 0 spiro atoms. The van der Waals surface area contributed by atoms with Crippen molar-refractivity contribution in [3.63, 3.8) is 0 Å². The van der Waals surface area contributed by atoms with Crippen molar-refractivity contribution in [3.05, 3.63) is 41.7 Å². The minimum Gasteiger partial charge on any atom is -0.478 e. The van der Waals surface area contributed by atoms with Crippen LogP contribution in [0.5, 0.6) is 5.75 Å². The Morgan fingerprint density at radius 1 is 1.34 bits per heavy atom. The largest absolute Gasteiger partial charge is 0.573 e. The molecule has 1 aliphatic heterocycles. The van der Waals surface area contributed by atoms with E-state index in [1.165, 1.54) is 18.0 Å². The summed E-state index contributed by atoms with van der Waals surface area (Å²) >= 11 is 0.948. The molecule has 1 aromatic heterocycles. The number of nitrogens with zero attached hydrogens (tertiary/aromatic N) is 2. The average Bonchev–Trinajstić information content (AvgIpc) is 3.24. The van der Waals surface area contributed by atoms with Gasteiger partial charge in [0.05, 0.1) is 27.2 Å². The average molecular weight is 515 g/mol. The summed E-state index contributed by atoms with van der Waals surface area (Å²) in [6, 6.07) is 5.59.